The Bertz CT molecular complexity index is 574. The van der Waals surface area contributed by atoms with E-state index in [2.05, 4.69) is 5.32 Å². The van der Waals surface area contributed by atoms with Gasteiger partial charge in [0.05, 0.1) is 12.6 Å². The number of carbonyl (C=O) groups is 1. The predicted octanol–water partition coefficient (Wildman–Crippen LogP) is 2.95. The number of benzene rings is 1. The number of amides is 1. The number of hydrogen-bond donors (Lipinski definition) is 1. The van der Waals surface area contributed by atoms with Gasteiger partial charge in [-0.2, -0.15) is 0 Å². The van der Waals surface area contributed by atoms with Gasteiger partial charge in [0.2, 0.25) is 5.91 Å². The smallest absolute Gasteiger partial charge is 0.222 e. The topological polar surface area (TPSA) is 51.5 Å². The highest BCUT2D eigenvalue weighted by molar-refractivity contribution is 5.82. The molecule has 1 heterocycles. The van der Waals surface area contributed by atoms with Crippen molar-refractivity contribution in [3.63, 3.8) is 0 Å². The van der Waals surface area contributed by atoms with E-state index in [-0.39, 0.29) is 11.9 Å². The molecular weight excluding hydrogens is 242 g/mol. The minimum atomic E-state index is -0.142. The molecule has 0 aliphatic heterocycles. The summed E-state index contributed by atoms with van der Waals surface area (Å²) < 4.78 is 10.7. The van der Waals surface area contributed by atoms with Gasteiger partial charge in [-0.1, -0.05) is 18.2 Å². The van der Waals surface area contributed by atoms with E-state index < -0.39 is 0 Å². The second-order valence-electron chi connectivity index (χ2n) is 4.62. The zero-order chi connectivity index (χ0) is 13.8. The van der Waals surface area contributed by atoms with Crippen molar-refractivity contribution in [1.29, 1.82) is 0 Å². The number of carbonyl (C=O) groups excluding carboxylic acids is 1. The Balaban J connectivity index is 2.15. The highest BCUT2D eigenvalue weighted by atomic mass is 16.5. The van der Waals surface area contributed by atoms with Crippen LogP contribution >= 0.6 is 0 Å². The Kier molecular flexibility index (Phi) is 4.22. The average Bonchev–Trinajstić information content (AvgIpc) is 2.74. The number of methoxy groups -OCH3 is 1. The molecule has 0 fully saturated rings. The number of nitrogens with one attached hydrogen (secondary N) is 1. The maximum absolute atomic E-state index is 11.7. The van der Waals surface area contributed by atoms with E-state index in [0.29, 0.717) is 13.0 Å². The molecule has 4 heteroatoms. The molecule has 0 bridgehead atoms. The summed E-state index contributed by atoms with van der Waals surface area (Å²) in [5.41, 5.74) is 1.93. The Morgan fingerprint density at radius 1 is 1.42 bits per heavy atom. The fraction of sp³-hybridized carbons (Fsp3) is 0.400. The van der Waals surface area contributed by atoms with E-state index in [4.69, 9.17) is 9.15 Å². The van der Waals surface area contributed by atoms with Crippen LogP contribution in [-0.4, -0.2) is 19.6 Å². The molecule has 2 rings (SSSR count). The number of ether oxygens (including phenoxy) is 1. The molecule has 1 atom stereocenters. The van der Waals surface area contributed by atoms with Crippen LogP contribution in [0.4, 0.5) is 0 Å². The van der Waals surface area contributed by atoms with Crippen LogP contribution < -0.4 is 5.32 Å². The van der Waals surface area contributed by atoms with Crippen LogP contribution in [0.5, 0.6) is 0 Å². The minimum Gasteiger partial charge on any atom is -0.459 e. The van der Waals surface area contributed by atoms with E-state index in [1.807, 2.05) is 38.1 Å². The largest absolute Gasteiger partial charge is 0.459 e. The van der Waals surface area contributed by atoms with Crippen LogP contribution in [0.2, 0.25) is 0 Å². The molecule has 0 radical (unpaired) electrons. The average molecular weight is 261 g/mol. The molecule has 1 aromatic carbocycles. The Morgan fingerprint density at radius 2 is 2.16 bits per heavy atom. The molecule has 0 aliphatic rings. The lowest BCUT2D eigenvalue weighted by atomic mass is 10.1. The SMILES string of the molecule is COCCC(=O)N[C@@H](C)c1oc2ccccc2c1C. The zero-order valence-electron chi connectivity index (χ0n) is 11.5. The third-order valence-corrected chi connectivity index (χ3v) is 3.18. The summed E-state index contributed by atoms with van der Waals surface area (Å²) in [5, 5.41) is 4.01. The van der Waals surface area contributed by atoms with Gasteiger partial charge < -0.3 is 14.5 Å². The summed E-state index contributed by atoms with van der Waals surface area (Å²) in [5.74, 6) is 0.779. The van der Waals surface area contributed by atoms with Crippen LogP contribution in [0, 0.1) is 6.92 Å². The van der Waals surface area contributed by atoms with Crippen LogP contribution in [-0.2, 0) is 9.53 Å². The molecule has 19 heavy (non-hydrogen) atoms. The van der Waals surface area contributed by atoms with Gasteiger partial charge in [-0.15, -0.1) is 0 Å². The van der Waals surface area contributed by atoms with Crippen molar-refractivity contribution in [1.82, 2.24) is 5.32 Å². The first kappa shape index (κ1) is 13.6. The van der Waals surface area contributed by atoms with Crippen molar-refractivity contribution in [2.24, 2.45) is 0 Å². The van der Waals surface area contributed by atoms with Gasteiger partial charge in [-0.3, -0.25) is 4.79 Å². The van der Waals surface area contributed by atoms with E-state index in [9.17, 15) is 4.79 Å². The summed E-state index contributed by atoms with van der Waals surface area (Å²) >= 11 is 0. The van der Waals surface area contributed by atoms with Crippen molar-refractivity contribution < 1.29 is 13.9 Å². The Hall–Kier alpha value is -1.81. The lowest BCUT2D eigenvalue weighted by molar-refractivity contribution is -0.122. The molecule has 0 spiro atoms. The van der Waals surface area contributed by atoms with Crippen LogP contribution in [0.15, 0.2) is 28.7 Å². The number of fused-ring (bicyclic) bond motifs is 1. The summed E-state index contributed by atoms with van der Waals surface area (Å²) in [4.78, 5) is 11.7. The van der Waals surface area contributed by atoms with E-state index in [1.54, 1.807) is 7.11 Å². The van der Waals surface area contributed by atoms with Crippen LogP contribution in [0.3, 0.4) is 0 Å². The van der Waals surface area contributed by atoms with Gasteiger partial charge in [-0.25, -0.2) is 0 Å². The fourth-order valence-corrected chi connectivity index (χ4v) is 2.18. The third-order valence-electron chi connectivity index (χ3n) is 3.18. The third kappa shape index (κ3) is 2.96. The first-order valence-corrected chi connectivity index (χ1v) is 6.39. The number of furan rings is 1. The Morgan fingerprint density at radius 3 is 2.84 bits per heavy atom. The maximum atomic E-state index is 11.7. The zero-order valence-corrected chi connectivity index (χ0v) is 11.5. The van der Waals surface area contributed by atoms with Crippen molar-refractivity contribution in [3.8, 4) is 0 Å². The lowest BCUT2D eigenvalue weighted by Gasteiger charge is -2.12. The summed E-state index contributed by atoms with van der Waals surface area (Å²) in [7, 11) is 1.58. The van der Waals surface area contributed by atoms with Gasteiger partial charge in [0.25, 0.3) is 0 Å². The van der Waals surface area contributed by atoms with E-state index >= 15 is 0 Å². The molecule has 1 N–H and O–H groups in total. The standard InChI is InChI=1S/C15H19NO3/c1-10-12-6-4-5-7-13(12)19-15(10)11(2)16-14(17)8-9-18-3/h4-7,11H,8-9H2,1-3H3,(H,16,17)/t11-/m0/s1. The molecule has 0 saturated carbocycles. The first-order valence-electron chi connectivity index (χ1n) is 6.39. The molecule has 102 valence electrons. The molecule has 1 amide bonds. The minimum absolute atomic E-state index is 0.0331. The quantitative estimate of drug-likeness (QED) is 0.900. The molecule has 1 aromatic heterocycles. The maximum Gasteiger partial charge on any atom is 0.222 e. The summed E-state index contributed by atoms with van der Waals surface area (Å²) in [6.45, 7) is 4.37. The monoisotopic (exact) mass is 261 g/mol. The lowest BCUT2D eigenvalue weighted by Crippen LogP contribution is -2.27. The van der Waals surface area contributed by atoms with Crippen molar-refractivity contribution >= 4 is 16.9 Å². The first-order chi connectivity index (χ1) is 9.13. The second-order valence-corrected chi connectivity index (χ2v) is 4.62. The van der Waals surface area contributed by atoms with Gasteiger partial charge in [0.1, 0.15) is 11.3 Å². The molecule has 4 nitrogen and oxygen atoms in total. The van der Waals surface area contributed by atoms with Crippen LogP contribution in [0.25, 0.3) is 11.0 Å². The summed E-state index contributed by atoms with van der Waals surface area (Å²) in [6.07, 6.45) is 0.361. The van der Waals surface area contributed by atoms with E-state index in [1.165, 1.54) is 0 Å². The molecule has 0 aliphatic carbocycles. The van der Waals surface area contributed by atoms with Gasteiger partial charge in [-0.05, 0) is 19.9 Å². The number of hydrogen-bond acceptors (Lipinski definition) is 3. The molecule has 0 saturated heterocycles. The van der Waals surface area contributed by atoms with Gasteiger partial charge in [0.15, 0.2) is 0 Å². The van der Waals surface area contributed by atoms with Crippen molar-refractivity contribution in [2.45, 2.75) is 26.3 Å². The highest BCUT2D eigenvalue weighted by Crippen LogP contribution is 2.29. The number of aryl methyl sites for hydroxylation is 1. The predicted molar refractivity (Wildman–Crippen MR) is 74.0 cm³/mol. The molecule has 2 aromatic rings. The van der Waals surface area contributed by atoms with Crippen molar-refractivity contribution in [2.75, 3.05) is 13.7 Å². The fourth-order valence-electron chi connectivity index (χ4n) is 2.18. The second kappa shape index (κ2) is 5.89. The van der Waals surface area contributed by atoms with Crippen molar-refractivity contribution in [3.05, 3.63) is 35.6 Å². The van der Waals surface area contributed by atoms with E-state index in [0.717, 1.165) is 22.3 Å². The number of para-hydroxylation sites is 1. The summed E-state index contributed by atoms with van der Waals surface area (Å²) in [6, 6.07) is 7.74. The van der Waals surface area contributed by atoms with Gasteiger partial charge >= 0.3 is 0 Å². The molecular formula is C15H19NO3. The highest BCUT2D eigenvalue weighted by Gasteiger charge is 2.17. The Labute approximate surface area is 112 Å². The van der Waals surface area contributed by atoms with Gasteiger partial charge in [0, 0.05) is 24.5 Å². The number of rotatable bonds is 5. The normalized spacial score (nSPS) is 12.6. The van der Waals surface area contributed by atoms with Crippen LogP contribution in [0.1, 0.15) is 30.7 Å². The molecule has 0 unspecified atom stereocenters.